The number of carbonyl (C=O) groups excluding carboxylic acids is 8. The monoisotopic (exact) mass is 936 g/mol. The number of amides is 8. The second-order valence-electron chi connectivity index (χ2n) is 15.8. The van der Waals surface area contributed by atoms with Gasteiger partial charge in [-0.2, -0.15) is 0 Å². The molecule has 20 heteroatoms. The Morgan fingerprint density at radius 3 is 2.08 bits per heavy atom. The normalized spacial score (nSPS) is 17.9. The van der Waals surface area contributed by atoms with Gasteiger partial charge in [0.05, 0.1) is 35.4 Å². The average molecular weight is 938 g/mol. The number of carbonyl (C=O) groups is 8. The first-order chi connectivity index (χ1) is 30.7. The molecule has 0 bridgehead atoms. The van der Waals surface area contributed by atoms with Crippen molar-refractivity contribution in [3.05, 3.63) is 80.3 Å². The van der Waals surface area contributed by atoms with E-state index in [4.69, 9.17) is 39.5 Å². The van der Waals surface area contributed by atoms with Crippen LogP contribution in [-0.4, -0.2) is 157 Å². The first-order valence-electron chi connectivity index (χ1n) is 21.0. The van der Waals surface area contributed by atoms with E-state index in [0.29, 0.717) is 115 Å². The predicted octanol–water partition coefficient (Wildman–Crippen LogP) is 3.55. The van der Waals surface area contributed by atoms with Crippen LogP contribution in [0.4, 0.5) is 5.69 Å². The number of ether oxygens (including phenoxy) is 1. The molecule has 7 rings (SSSR count). The highest BCUT2D eigenvalue weighted by atomic mass is 35.5. The molecule has 3 fully saturated rings. The lowest BCUT2D eigenvalue weighted by Gasteiger charge is -2.36. The molecule has 17 nitrogen and oxygen atoms in total. The third-order valence-corrected chi connectivity index (χ3v) is 12.6. The van der Waals surface area contributed by atoms with E-state index in [1.165, 1.54) is 13.2 Å². The van der Waals surface area contributed by atoms with Gasteiger partial charge in [-0.1, -0.05) is 40.9 Å². The molecule has 4 aliphatic heterocycles. The Labute approximate surface area is 384 Å². The van der Waals surface area contributed by atoms with Crippen molar-refractivity contribution >= 4 is 87.7 Å². The number of piperazine rings is 2. The van der Waals surface area contributed by atoms with Crippen LogP contribution in [0.1, 0.15) is 63.2 Å². The number of halogens is 3. The molecule has 1 unspecified atom stereocenters. The van der Waals surface area contributed by atoms with Gasteiger partial charge in [-0.3, -0.25) is 53.5 Å². The fourth-order valence-electron chi connectivity index (χ4n) is 8.28. The summed E-state index contributed by atoms with van der Waals surface area (Å²) in [6.07, 6.45) is 0.714. The molecule has 0 radical (unpaired) electrons. The van der Waals surface area contributed by atoms with Gasteiger partial charge in [0.15, 0.2) is 0 Å². The van der Waals surface area contributed by atoms with Gasteiger partial charge in [0, 0.05) is 118 Å². The summed E-state index contributed by atoms with van der Waals surface area (Å²) < 4.78 is 5.49. The van der Waals surface area contributed by atoms with E-state index in [9.17, 15) is 38.4 Å². The van der Waals surface area contributed by atoms with Crippen LogP contribution in [0.25, 0.3) is 11.1 Å². The Hall–Kier alpha value is -5.75. The number of nitrogens with zero attached hydrogens (tertiary/aromatic N) is 5. The molecule has 64 heavy (non-hydrogen) atoms. The zero-order chi connectivity index (χ0) is 45.7. The van der Waals surface area contributed by atoms with Gasteiger partial charge in [0.25, 0.3) is 17.7 Å². The number of hydrogen-bond donors (Lipinski definition) is 3. The minimum absolute atomic E-state index is 0.0326. The van der Waals surface area contributed by atoms with Crippen LogP contribution in [0.2, 0.25) is 15.1 Å². The topological polar surface area (TPSA) is 198 Å². The lowest BCUT2D eigenvalue weighted by molar-refractivity contribution is -0.139. The SMILES string of the molecule is COc1cc(Cl)c(-c2cc(Cl)ccc2Cl)cc1C(=O)N1CCN(C(=O)CCC(=O)N2CCN(CC(=O)NCCCNc3cccc4c3C(=O)N(C3CCC(=O)NC3=O)C4=O)CC2)CC1. The van der Waals surface area contributed by atoms with Crippen LogP contribution in [0.5, 0.6) is 5.75 Å². The second kappa shape index (κ2) is 20.4. The summed E-state index contributed by atoms with van der Waals surface area (Å²) in [6, 6.07) is 12.0. The van der Waals surface area contributed by atoms with Crippen molar-refractivity contribution in [2.45, 2.75) is 38.1 Å². The maximum atomic E-state index is 13.7. The Balaban J connectivity index is 0.788. The van der Waals surface area contributed by atoms with E-state index in [-0.39, 0.29) is 67.0 Å². The van der Waals surface area contributed by atoms with Crippen LogP contribution in [0, 0.1) is 0 Å². The number of piperidine rings is 1. The van der Waals surface area contributed by atoms with Gasteiger partial charge in [-0.15, -0.1) is 0 Å². The van der Waals surface area contributed by atoms with Gasteiger partial charge >= 0.3 is 0 Å². The Bertz CT molecular complexity index is 2380. The molecule has 4 heterocycles. The fraction of sp³-hybridized carbons (Fsp3) is 0.409. The van der Waals surface area contributed by atoms with Crippen LogP contribution in [-0.2, 0) is 24.0 Å². The van der Waals surface area contributed by atoms with Crippen molar-refractivity contribution < 1.29 is 43.1 Å². The summed E-state index contributed by atoms with van der Waals surface area (Å²) in [5.41, 5.74) is 2.19. The molecule has 8 amide bonds. The average Bonchev–Trinajstić information content (AvgIpc) is 3.54. The van der Waals surface area contributed by atoms with Gasteiger partial charge in [-0.05, 0) is 49.2 Å². The van der Waals surface area contributed by atoms with Crippen LogP contribution >= 0.6 is 34.8 Å². The Morgan fingerprint density at radius 1 is 0.750 bits per heavy atom. The van der Waals surface area contributed by atoms with E-state index in [1.54, 1.807) is 57.2 Å². The van der Waals surface area contributed by atoms with Gasteiger partial charge in [-0.25, -0.2) is 0 Å². The third kappa shape index (κ3) is 10.3. The molecule has 1 atom stereocenters. The van der Waals surface area contributed by atoms with E-state index in [1.807, 2.05) is 4.90 Å². The summed E-state index contributed by atoms with van der Waals surface area (Å²) in [5, 5.41) is 9.47. The van der Waals surface area contributed by atoms with Gasteiger partial charge in [0.1, 0.15) is 11.8 Å². The molecule has 3 N–H and O–H groups in total. The van der Waals surface area contributed by atoms with E-state index in [2.05, 4.69) is 16.0 Å². The minimum atomic E-state index is -1.06. The van der Waals surface area contributed by atoms with Crippen molar-refractivity contribution in [1.29, 1.82) is 0 Å². The summed E-state index contributed by atoms with van der Waals surface area (Å²) >= 11 is 19.2. The number of hydrogen-bond acceptors (Lipinski definition) is 11. The van der Waals surface area contributed by atoms with Crippen LogP contribution < -0.4 is 20.7 Å². The number of anilines is 1. The summed E-state index contributed by atoms with van der Waals surface area (Å²) in [5.74, 6) is -2.76. The maximum absolute atomic E-state index is 13.7. The second-order valence-corrected chi connectivity index (χ2v) is 17.0. The van der Waals surface area contributed by atoms with Crippen molar-refractivity contribution in [2.75, 3.05) is 84.4 Å². The van der Waals surface area contributed by atoms with Gasteiger partial charge in [0.2, 0.25) is 29.5 Å². The van der Waals surface area contributed by atoms with Crippen molar-refractivity contribution in [3.63, 3.8) is 0 Å². The summed E-state index contributed by atoms with van der Waals surface area (Å²) in [7, 11) is 1.45. The number of benzene rings is 3. The predicted molar refractivity (Wildman–Crippen MR) is 237 cm³/mol. The fourth-order valence-corrected chi connectivity index (χ4v) is 8.92. The molecule has 0 saturated carbocycles. The molecular formula is C44H47Cl3N8O9. The lowest BCUT2D eigenvalue weighted by Crippen LogP contribution is -2.54. The summed E-state index contributed by atoms with van der Waals surface area (Å²) in [6.45, 7) is 3.94. The van der Waals surface area contributed by atoms with Crippen molar-refractivity contribution in [1.82, 2.24) is 35.1 Å². The van der Waals surface area contributed by atoms with Crippen LogP contribution in [0.3, 0.4) is 0 Å². The third-order valence-electron chi connectivity index (χ3n) is 11.8. The number of fused-ring (bicyclic) bond motifs is 1. The van der Waals surface area contributed by atoms with Crippen molar-refractivity contribution in [2.24, 2.45) is 0 Å². The molecule has 3 aromatic rings. The molecule has 4 aliphatic rings. The number of imide groups is 2. The summed E-state index contributed by atoms with van der Waals surface area (Å²) in [4.78, 5) is 111. The smallest absolute Gasteiger partial charge is 0.264 e. The van der Waals surface area contributed by atoms with E-state index in [0.717, 1.165) is 4.90 Å². The zero-order valence-corrected chi connectivity index (χ0v) is 37.3. The first kappa shape index (κ1) is 46.2. The quantitative estimate of drug-likeness (QED) is 0.158. The molecule has 338 valence electrons. The van der Waals surface area contributed by atoms with Gasteiger partial charge < -0.3 is 30.1 Å². The lowest BCUT2D eigenvalue weighted by atomic mass is 10.0. The molecule has 0 aliphatic carbocycles. The Morgan fingerprint density at radius 2 is 1.41 bits per heavy atom. The molecule has 0 aromatic heterocycles. The van der Waals surface area contributed by atoms with Crippen molar-refractivity contribution in [3.8, 4) is 16.9 Å². The molecule has 3 saturated heterocycles. The highest BCUT2D eigenvalue weighted by Gasteiger charge is 2.45. The van der Waals surface area contributed by atoms with Crippen LogP contribution in [0.15, 0.2) is 48.5 Å². The zero-order valence-electron chi connectivity index (χ0n) is 35.1. The molecule has 0 spiro atoms. The minimum Gasteiger partial charge on any atom is -0.496 e. The first-order valence-corrected chi connectivity index (χ1v) is 22.1. The highest BCUT2D eigenvalue weighted by Crippen LogP contribution is 2.39. The maximum Gasteiger partial charge on any atom is 0.264 e. The number of rotatable bonds is 14. The Kier molecular flexibility index (Phi) is 14.7. The number of methoxy groups -OCH3 is 1. The highest BCUT2D eigenvalue weighted by molar-refractivity contribution is 6.38. The largest absolute Gasteiger partial charge is 0.496 e. The molecular weight excluding hydrogens is 891 g/mol. The number of nitrogens with one attached hydrogen (secondary N) is 3. The standard InChI is InChI=1S/C44H47Cl3N8O9/c1-64-35-24-32(47)29(28-22-26(45)6-7-31(28)46)23-30(35)42(61)54-20-18-53(19-21-54)39(59)11-10-38(58)52-16-14-51(15-17-52)25-37(57)49-13-3-12-48-33-5-2-4-27-40(33)44(63)55(43(27)62)34-8-9-36(56)50-41(34)60/h2,4-7,22-24,34,48H,3,8-21,25H2,1H3,(H,49,57)(H,50,56,60). The molecule has 3 aromatic carbocycles. The van der Waals surface area contributed by atoms with E-state index >= 15 is 0 Å². The van der Waals surface area contributed by atoms with E-state index < -0.39 is 29.7 Å².